The van der Waals surface area contributed by atoms with Gasteiger partial charge in [-0.25, -0.2) is 0 Å². The minimum atomic E-state index is -0.317. The zero-order valence-electron chi connectivity index (χ0n) is 11.3. The Kier molecular flexibility index (Phi) is 6.54. The summed E-state index contributed by atoms with van der Waals surface area (Å²) in [5.41, 5.74) is -0.317. The molecule has 1 N–H and O–H groups in total. The first kappa shape index (κ1) is 14.5. The molecule has 0 aromatic carbocycles. The second-order valence-corrected chi connectivity index (χ2v) is 5.02. The zero-order valence-corrected chi connectivity index (χ0v) is 11.3. The lowest BCUT2D eigenvalue weighted by molar-refractivity contribution is 0.0521. The lowest BCUT2D eigenvalue weighted by atomic mass is 10.00. The summed E-state index contributed by atoms with van der Waals surface area (Å²) in [7, 11) is 0. The van der Waals surface area contributed by atoms with Gasteiger partial charge in [0.1, 0.15) is 5.54 Å². The normalized spacial score (nSPS) is 28.2. The van der Waals surface area contributed by atoms with Crippen molar-refractivity contribution in [2.75, 3.05) is 13.2 Å². The fourth-order valence-electron chi connectivity index (χ4n) is 2.56. The second kappa shape index (κ2) is 7.68. The van der Waals surface area contributed by atoms with Crippen LogP contribution in [-0.4, -0.2) is 24.8 Å². The van der Waals surface area contributed by atoms with Crippen molar-refractivity contribution in [3.8, 4) is 6.07 Å². The van der Waals surface area contributed by atoms with Crippen LogP contribution in [-0.2, 0) is 4.74 Å². The Bertz CT molecular complexity index is 249. The van der Waals surface area contributed by atoms with Gasteiger partial charge in [0.15, 0.2) is 0 Å². The van der Waals surface area contributed by atoms with Crippen molar-refractivity contribution in [1.29, 1.82) is 5.26 Å². The van der Waals surface area contributed by atoms with Gasteiger partial charge in [0.05, 0.1) is 12.2 Å². The molecule has 1 aliphatic rings. The van der Waals surface area contributed by atoms with Gasteiger partial charge in [-0.2, -0.15) is 5.26 Å². The molecule has 0 aromatic heterocycles. The molecule has 0 aliphatic heterocycles. The third kappa shape index (κ3) is 4.65. The van der Waals surface area contributed by atoms with Gasteiger partial charge >= 0.3 is 0 Å². The van der Waals surface area contributed by atoms with Crippen LogP contribution in [0, 0.1) is 11.3 Å². The second-order valence-electron chi connectivity index (χ2n) is 5.02. The summed E-state index contributed by atoms with van der Waals surface area (Å²) < 4.78 is 5.86. The van der Waals surface area contributed by atoms with E-state index in [1.807, 2.05) is 0 Å². The molecule has 0 bridgehead atoms. The molecule has 3 heteroatoms. The number of nitriles is 1. The molecule has 1 aliphatic carbocycles. The van der Waals surface area contributed by atoms with E-state index < -0.39 is 0 Å². The van der Waals surface area contributed by atoms with Crippen LogP contribution in [0.4, 0.5) is 0 Å². The van der Waals surface area contributed by atoms with Crippen LogP contribution in [0.25, 0.3) is 0 Å². The van der Waals surface area contributed by atoms with E-state index in [2.05, 4.69) is 25.2 Å². The monoisotopic (exact) mass is 238 g/mol. The average Bonchev–Trinajstić information content (AvgIpc) is 2.74. The molecule has 17 heavy (non-hydrogen) atoms. The van der Waals surface area contributed by atoms with Crippen molar-refractivity contribution < 1.29 is 4.74 Å². The van der Waals surface area contributed by atoms with Gasteiger partial charge in [-0.15, -0.1) is 0 Å². The molecular weight excluding hydrogens is 212 g/mol. The number of hydrogen-bond donors (Lipinski definition) is 1. The van der Waals surface area contributed by atoms with E-state index in [-0.39, 0.29) is 11.6 Å². The van der Waals surface area contributed by atoms with E-state index in [0.29, 0.717) is 0 Å². The van der Waals surface area contributed by atoms with Gasteiger partial charge in [0.2, 0.25) is 0 Å². The lowest BCUT2D eigenvalue weighted by Crippen LogP contribution is -2.41. The summed E-state index contributed by atoms with van der Waals surface area (Å²) in [6, 6.07) is 2.43. The maximum atomic E-state index is 9.24. The van der Waals surface area contributed by atoms with Crippen LogP contribution >= 0.6 is 0 Å². The van der Waals surface area contributed by atoms with Gasteiger partial charge in [0, 0.05) is 13.0 Å². The first-order valence-corrected chi connectivity index (χ1v) is 7.04. The minimum absolute atomic E-state index is 0.287. The molecule has 2 atom stereocenters. The Hall–Kier alpha value is -0.590. The molecule has 98 valence electrons. The maximum Gasteiger partial charge on any atom is 0.109 e. The Balaban J connectivity index is 2.19. The van der Waals surface area contributed by atoms with Gasteiger partial charge in [-0.05, 0) is 25.8 Å². The zero-order chi connectivity index (χ0) is 12.6. The summed E-state index contributed by atoms with van der Waals surface area (Å²) in [5.74, 6) is 0. The SMILES string of the molecule is CCCCCCOC1CCC(C#N)(NCC)C1. The minimum Gasteiger partial charge on any atom is -0.378 e. The van der Waals surface area contributed by atoms with Gasteiger partial charge in [0.25, 0.3) is 0 Å². The van der Waals surface area contributed by atoms with Gasteiger partial charge < -0.3 is 4.74 Å². The fraction of sp³-hybridized carbons (Fsp3) is 0.929. The van der Waals surface area contributed by atoms with Crippen molar-refractivity contribution in [3.05, 3.63) is 0 Å². The Labute approximate surface area is 106 Å². The van der Waals surface area contributed by atoms with Crippen molar-refractivity contribution in [2.45, 2.75) is 70.4 Å². The van der Waals surface area contributed by atoms with E-state index in [4.69, 9.17) is 4.74 Å². The number of unbranched alkanes of at least 4 members (excludes halogenated alkanes) is 3. The molecule has 0 radical (unpaired) electrons. The number of nitrogens with zero attached hydrogens (tertiary/aromatic N) is 1. The molecule has 0 heterocycles. The molecular formula is C14H26N2O. The summed E-state index contributed by atoms with van der Waals surface area (Å²) in [6.45, 7) is 5.99. The van der Waals surface area contributed by atoms with Gasteiger partial charge in [-0.1, -0.05) is 33.1 Å². The topological polar surface area (TPSA) is 45.0 Å². The average molecular weight is 238 g/mol. The first-order chi connectivity index (χ1) is 8.26. The van der Waals surface area contributed by atoms with Crippen LogP contribution in [0.15, 0.2) is 0 Å². The Morgan fingerprint density at radius 1 is 1.35 bits per heavy atom. The highest BCUT2D eigenvalue weighted by Crippen LogP contribution is 2.31. The van der Waals surface area contributed by atoms with E-state index in [0.717, 1.165) is 38.8 Å². The van der Waals surface area contributed by atoms with E-state index in [1.54, 1.807) is 0 Å². The fourth-order valence-corrected chi connectivity index (χ4v) is 2.56. The van der Waals surface area contributed by atoms with Crippen molar-refractivity contribution >= 4 is 0 Å². The largest absolute Gasteiger partial charge is 0.378 e. The molecule has 0 saturated heterocycles. The van der Waals surface area contributed by atoms with Crippen LogP contribution < -0.4 is 5.32 Å². The van der Waals surface area contributed by atoms with Crippen molar-refractivity contribution in [2.24, 2.45) is 0 Å². The van der Waals surface area contributed by atoms with Crippen LogP contribution in [0.1, 0.15) is 58.8 Å². The highest BCUT2D eigenvalue weighted by Gasteiger charge is 2.39. The maximum absolute atomic E-state index is 9.24. The van der Waals surface area contributed by atoms with Crippen molar-refractivity contribution in [3.63, 3.8) is 0 Å². The Morgan fingerprint density at radius 3 is 2.82 bits per heavy atom. The summed E-state index contributed by atoms with van der Waals surface area (Å²) in [5, 5.41) is 12.5. The number of rotatable bonds is 8. The quantitative estimate of drug-likeness (QED) is 0.661. The molecule has 1 rings (SSSR count). The molecule has 1 saturated carbocycles. The molecule has 3 nitrogen and oxygen atoms in total. The predicted molar refractivity (Wildman–Crippen MR) is 69.8 cm³/mol. The number of ether oxygens (including phenoxy) is 1. The highest BCUT2D eigenvalue weighted by atomic mass is 16.5. The predicted octanol–water partition coefficient (Wildman–Crippen LogP) is 3.01. The van der Waals surface area contributed by atoms with Crippen LogP contribution in [0.2, 0.25) is 0 Å². The summed E-state index contributed by atoms with van der Waals surface area (Å²) in [6.07, 6.45) is 8.08. The molecule has 1 fully saturated rings. The highest BCUT2D eigenvalue weighted by molar-refractivity contribution is 5.12. The molecule has 0 spiro atoms. The Morgan fingerprint density at radius 2 is 2.18 bits per heavy atom. The molecule has 2 unspecified atom stereocenters. The third-order valence-corrected chi connectivity index (χ3v) is 3.55. The van der Waals surface area contributed by atoms with Gasteiger partial charge in [-0.3, -0.25) is 5.32 Å². The molecule has 0 aromatic rings. The summed E-state index contributed by atoms with van der Waals surface area (Å²) >= 11 is 0. The third-order valence-electron chi connectivity index (χ3n) is 3.55. The van der Waals surface area contributed by atoms with Crippen LogP contribution in [0.3, 0.4) is 0 Å². The van der Waals surface area contributed by atoms with E-state index in [9.17, 15) is 5.26 Å². The number of nitrogens with one attached hydrogen (secondary N) is 1. The molecule has 0 amide bonds. The van der Waals surface area contributed by atoms with E-state index in [1.165, 1.54) is 19.3 Å². The first-order valence-electron chi connectivity index (χ1n) is 7.04. The van der Waals surface area contributed by atoms with E-state index >= 15 is 0 Å². The summed E-state index contributed by atoms with van der Waals surface area (Å²) in [4.78, 5) is 0. The van der Waals surface area contributed by atoms with Crippen LogP contribution in [0.5, 0.6) is 0 Å². The smallest absolute Gasteiger partial charge is 0.109 e. The standard InChI is InChI=1S/C14H26N2O/c1-3-5-6-7-10-17-13-8-9-14(11-13,12-15)16-4-2/h13,16H,3-11H2,1-2H3. The number of hydrogen-bond acceptors (Lipinski definition) is 3. The lowest BCUT2D eigenvalue weighted by Gasteiger charge is -2.21. The van der Waals surface area contributed by atoms with Crippen molar-refractivity contribution in [1.82, 2.24) is 5.32 Å².